The van der Waals surface area contributed by atoms with Gasteiger partial charge in [0.1, 0.15) is 0 Å². The van der Waals surface area contributed by atoms with Gasteiger partial charge in [-0.2, -0.15) is 0 Å². The molecule has 0 heterocycles. The minimum atomic E-state index is 0.259. The van der Waals surface area contributed by atoms with Crippen molar-refractivity contribution in [3.05, 3.63) is 0 Å². The summed E-state index contributed by atoms with van der Waals surface area (Å²) in [5, 5.41) is 3.48. The van der Waals surface area contributed by atoms with E-state index < -0.39 is 0 Å². The minimum Gasteiger partial charge on any atom is -0.372 e. The zero-order valence-corrected chi connectivity index (χ0v) is 12.2. The Labute approximate surface area is 101 Å². The monoisotopic (exact) mass is 414 g/mol. The van der Waals surface area contributed by atoms with Gasteiger partial charge in [0.15, 0.2) is 0 Å². The maximum absolute atomic E-state index is 5.66. The summed E-state index contributed by atoms with van der Waals surface area (Å²) < 4.78 is 5.66. The summed E-state index contributed by atoms with van der Waals surface area (Å²) in [4.78, 5) is 0. The molecule has 0 N–H and O–H groups in total. The molecule has 0 saturated carbocycles. The Bertz CT molecular complexity index is 72.7. The van der Waals surface area contributed by atoms with Crippen molar-refractivity contribution in [2.45, 2.75) is 12.2 Å². The molecule has 0 rings (SSSR count). The Morgan fingerprint density at radius 3 is 1.18 bits per heavy atom. The second-order valence-electron chi connectivity index (χ2n) is 2.00. The first-order valence-corrected chi connectivity index (χ1v) is 7.66. The van der Waals surface area contributed by atoms with Crippen LogP contribution in [0.2, 0.25) is 0 Å². The van der Waals surface area contributed by atoms with E-state index in [-0.39, 0.29) is 12.2 Å². The van der Waals surface area contributed by atoms with Gasteiger partial charge in [-0.1, -0.05) is 63.7 Å². The molecule has 0 aliphatic rings. The van der Waals surface area contributed by atoms with E-state index in [9.17, 15) is 0 Å². The van der Waals surface area contributed by atoms with E-state index >= 15 is 0 Å². The van der Waals surface area contributed by atoms with Crippen LogP contribution in [0.3, 0.4) is 0 Å². The number of ether oxygens (including phenoxy) is 1. The summed E-state index contributed by atoms with van der Waals surface area (Å²) >= 11 is 13.5. The molecule has 0 amide bonds. The van der Waals surface area contributed by atoms with E-state index in [0.29, 0.717) is 0 Å². The van der Waals surface area contributed by atoms with E-state index in [1.807, 2.05) is 0 Å². The van der Waals surface area contributed by atoms with Gasteiger partial charge >= 0.3 is 0 Å². The Morgan fingerprint density at radius 2 is 1.00 bits per heavy atom. The first-order chi connectivity index (χ1) is 5.28. The summed E-state index contributed by atoms with van der Waals surface area (Å²) in [5.74, 6) is 0. The quantitative estimate of drug-likeness (QED) is 0.603. The van der Waals surface area contributed by atoms with Crippen LogP contribution in [0.15, 0.2) is 0 Å². The van der Waals surface area contributed by atoms with Crippen LogP contribution in [0.4, 0.5) is 0 Å². The van der Waals surface area contributed by atoms with Crippen molar-refractivity contribution in [3.8, 4) is 0 Å². The molecule has 68 valence electrons. The van der Waals surface area contributed by atoms with E-state index in [4.69, 9.17) is 4.74 Å². The molecule has 0 aromatic rings. The van der Waals surface area contributed by atoms with Gasteiger partial charge in [-0.3, -0.25) is 0 Å². The van der Waals surface area contributed by atoms with Crippen LogP contribution in [-0.4, -0.2) is 33.5 Å². The summed E-state index contributed by atoms with van der Waals surface area (Å²) in [7, 11) is 0. The molecule has 0 aromatic heterocycles. The Morgan fingerprint density at radius 1 is 0.727 bits per heavy atom. The van der Waals surface area contributed by atoms with Gasteiger partial charge in [0.25, 0.3) is 0 Å². The number of halogens is 4. The third kappa shape index (κ3) is 6.02. The summed E-state index contributed by atoms with van der Waals surface area (Å²) in [6.07, 6.45) is 0.519. The molecule has 0 radical (unpaired) electrons. The molecule has 1 nitrogen and oxygen atoms in total. The van der Waals surface area contributed by atoms with Crippen LogP contribution in [0.1, 0.15) is 0 Å². The molecule has 11 heavy (non-hydrogen) atoms. The van der Waals surface area contributed by atoms with Gasteiger partial charge in [-0.15, -0.1) is 0 Å². The third-order valence-corrected chi connectivity index (χ3v) is 3.96. The maximum atomic E-state index is 5.66. The third-order valence-electron chi connectivity index (χ3n) is 1.07. The normalized spacial score (nSPS) is 11.5. The predicted octanol–water partition coefficient (Wildman–Crippen LogP) is 3.32. The van der Waals surface area contributed by atoms with Crippen molar-refractivity contribution in [1.82, 2.24) is 0 Å². The lowest BCUT2D eigenvalue weighted by Crippen LogP contribution is -2.26. The van der Waals surface area contributed by atoms with Gasteiger partial charge in [0.2, 0.25) is 0 Å². The van der Waals surface area contributed by atoms with Crippen molar-refractivity contribution in [1.29, 1.82) is 0 Å². The van der Waals surface area contributed by atoms with Crippen molar-refractivity contribution >= 4 is 63.7 Å². The van der Waals surface area contributed by atoms with Crippen molar-refractivity contribution in [2.75, 3.05) is 21.3 Å². The number of hydrogen-bond donors (Lipinski definition) is 0. The highest BCUT2D eigenvalue weighted by atomic mass is 79.9. The van der Waals surface area contributed by atoms with Crippen LogP contribution < -0.4 is 0 Å². The lowest BCUT2D eigenvalue weighted by atomic mass is 10.4. The van der Waals surface area contributed by atoms with Gasteiger partial charge in [-0.25, -0.2) is 0 Å². The molecule has 0 atom stereocenters. The maximum Gasteiger partial charge on any atom is 0.0773 e. The minimum absolute atomic E-state index is 0.259. The molecule has 0 aliphatic heterocycles. The molecular weight excluding hydrogens is 408 g/mol. The number of rotatable bonds is 6. The summed E-state index contributed by atoms with van der Waals surface area (Å²) in [6.45, 7) is 0. The first kappa shape index (κ1) is 12.9. The standard InChI is InChI=1S/C6H10Br4O/c7-1-5(2-8)11-6(3-9)4-10/h5-6H,1-4H2. The summed E-state index contributed by atoms with van der Waals surface area (Å²) in [6, 6.07) is 0. The van der Waals surface area contributed by atoms with Crippen molar-refractivity contribution in [3.63, 3.8) is 0 Å². The van der Waals surface area contributed by atoms with Crippen LogP contribution in [0.25, 0.3) is 0 Å². The Hall–Kier alpha value is 1.88. The largest absolute Gasteiger partial charge is 0.372 e. The Balaban J connectivity index is 3.58. The van der Waals surface area contributed by atoms with E-state index in [0.717, 1.165) is 21.3 Å². The molecule has 0 aliphatic carbocycles. The zero-order valence-electron chi connectivity index (χ0n) is 5.90. The van der Waals surface area contributed by atoms with Crippen molar-refractivity contribution in [2.24, 2.45) is 0 Å². The fourth-order valence-corrected chi connectivity index (χ4v) is 3.26. The second-order valence-corrected chi connectivity index (χ2v) is 4.59. The Kier molecular flexibility index (Phi) is 9.93. The van der Waals surface area contributed by atoms with E-state index in [1.54, 1.807) is 0 Å². The molecular formula is C6H10Br4O. The highest BCUT2D eigenvalue weighted by molar-refractivity contribution is 9.10. The van der Waals surface area contributed by atoms with E-state index in [1.165, 1.54) is 0 Å². The molecule has 0 aromatic carbocycles. The molecule has 5 heteroatoms. The zero-order chi connectivity index (χ0) is 8.69. The average molecular weight is 418 g/mol. The SMILES string of the molecule is BrCC(CBr)OC(CBr)CBr. The lowest BCUT2D eigenvalue weighted by Gasteiger charge is -2.18. The van der Waals surface area contributed by atoms with Crippen LogP contribution in [-0.2, 0) is 4.74 Å². The van der Waals surface area contributed by atoms with Gasteiger partial charge < -0.3 is 4.74 Å². The van der Waals surface area contributed by atoms with E-state index in [2.05, 4.69) is 63.7 Å². The first-order valence-electron chi connectivity index (χ1n) is 3.17. The van der Waals surface area contributed by atoms with Gasteiger partial charge in [0.05, 0.1) is 12.2 Å². The van der Waals surface area contributed by atoms with Crippen molar-refractivity contribution < 1.29 is 4.74 Å². The highest BCUT2D eigenvalue weighted by Crippen LogP contribution is 2.09. The lowest BCUT2D eigenvalue weighted by molar-refractivity contribution is 0.0436. The predicted molar refractivity (Wildman–Crippen MR) is 63.8 cm³/mol. The van der Waals surface area contributed by atoms with Crippen LogP contribution in [0, 0.1) is 0 Å². The molecule has 0 spiro atoms. The fraction of sp³-hybridized carbons (Fsp3) is 1.00. The summed E-state index contributed by atoms with van der Waals surface area (Å²) in [5.41, 5.74) is 0. The second kappa shape index (κ2) is 8.48. The molecule has 0 bridgehead atoms. The number of alkyl halides is 4. The number of hydrogen-bond acceptors (Lipinski definition) is 1. The van der Waals surface area contributed by atoms with Crippen LogP contribution >= 0.6 is 63.7 Å². The molecule has 0 unspecified atom stereocenters. The average Bonchev–Trinajstić information content (AvgIpc) is 2.07. The fourth-order valence-electron chi connectivity index (χ4n) is 0.500. The van der Waals surface area contributed by atoms with Crippen LogP contribution in [0.5, 0.6) is 0 Å². The highest BCUT2D eigenvalue weighted by Gasteiger charge is 2.12. The molecule has 0 saturated heterocycles. The van der Waals surface area contributed by atoms with Gasteiger partial charge in [0, 0.05) is 21.3 Å². The molecule has 0 fully saturated rings. The smallest absolute Gasteiger partial charge is 0.0773 e. The van der Waals surface area contributed by atoms with Gasteiger partial charge in [-0.05, 0) is 0 Å². The topological polar surface area (TPSA) is 9.23 Å².